The number of anilines is 1. The Kier molecular flexibility index (Phi) is 2.20. The Hall–Kier alpha value is -1.39. The van der Waals surface area contributed by atoms with E-state index in [-0.39, 0.29) is 11.9 Å². The SMILES string of the molecule is CCc1nc(NC(C)=O)no1. The molecule has 0 atom stereocenters. The largest absolute Gasteiger partial charge is 0.337 e. The van der Waals surface area contributed by atoms with Gasteiger partial charge in [-0.1, -0.05) is 6.92 Å². The van der Waals surface area contributed by atoms with Gasteiger partial charge in [-0.3, -0.25) is 10.1 Å². The van der Waals surface area contributed by atoms with Gasteiger partial charge in [0.05, 0.1) is 0 Å². The lowest BCUT2D eigenvalue weighted by atomic mass is 10.5. The standard InChI is InChI=1S/C6H9N3O2/c1-3-5-8-6(9-11-5)7-4(2)10/h3H2,1-2H3,(H,7,9,10). The maximum atomic E-state index is 10.5. The number of nitrogens with zero attached hydrogens (tertiary/aromatic N) is 2. The molecule has 0 aliphatic heterocycles. The van der Waals surface area contributed by atoms with E-state index in [2.05, 4.69) is 15.5 Å². The fraction of sp³-hybridized carbons (Fsp3) is 0.500. The van der Waals surface area contributed by atoms with Crippen LogP contribution in [-0.4, -0.2) is 16.0 Å². The third-order valence-corrected chi connectivity index (χ3v) is 1.06. The lowest BCUT2D eigenvalue weighted by Crippen LogP contribution is -2.06. The van der Waals surface area contributed by atoms with Gasteiger partial charge in [-0.15, -0.1) is 0 Å². The van der Waals surface area contributed by atoms with Gasteiger partial charge in [0.15, 0.2) is 0 Å². The van der Waals surface area contributed by atoms with Crippen LogP contribution in [0, 0.1) is 0 Å². The van der Waals surface area contributed by atoms with E-state index >= 15 is 0 Å². The highest BCUT2D eigenvalue weighted by molar-refractivity contribution is 5.86. The molecule has 1 aromatic heterocycles. The second-order valence-corrected chi connectivity index (χ2v) is 2.05. The second kappa shape index (κ2) is 3.14. The van der Waals surface area contributed by atoms with Crippen molar-refractivity contribution in [2.75, 3.05) is 5.32 Å². The summed E-state index contributed by atoms with van der Waals surface area (Å²) >= 11 is 0. The number of carbonyl (C=O) groups is 1. The quantitative estimate of drug-likeness (QED) is 0.678. The first-order chi connectivity index (χ1) is 5.22. The summed E-state index contributed by atoms with van der Waals surface area (Å²) < 4.78 is 4.74. The first-order valence-electron chi connectivity index (χ1n) is 3.32. The molecule has 1 aromatic rings. The number of hydrogen-bond acceptors (Lipinski definition) is 4. The van der Waals surface area contributed by atoms with E-state index in [1.807, 2.05) is 6.92 Å². The number of hydrogen-bond donors (Lipinski definition) is 1. The Balaban J connectivity index is 2.65. The summed E-state index contributed by atoms with van der Waals surface area (Å²) in [5.41, 5.74) is 0. The van der Waals surface area contributed by atoms with Crippen molar-refractivity contribution >= 4 is 11.9 Å². The predicted molar refractivity (Wildman–Crippen MR) is 38.0 cm³/mol. The van der Waals surface area contributed by atoms with Crippen LogP contribution >= 0.6 is 0 Å². The van der Waals surface area contributed by atoms with Crippen molar-refractivity contribution in [3.8, 4) is 0 Å². The molecule has 1 rings (SSSR count). The number of rotatable bonds is 2. The van der Waals surface area contributed by atoms with Gasteiger partial charge >= 0.3 is 0 Å². The minimum Gasteiger partial charge on any atom is -0.337 e. The van der Waals surface area contributed by atoms with Crippen LogP contribution in [0.1, 0.15) is 19.7 Å². The molecule has 0 bridgehead atoms. The number of nitrogens with one attached hydrogen (secondary N) is 1. The first-order valence-corrected chi connectivity index (χ1v) is 3.32. The van der Waals surface area contributed by atoms with Crippen molar-refractivity contribution in [3.63, 3.8) is 0 Å². The number of aryl methyl sites for hydroxylation is 1. The molecule has 0 saturated heterocycles. The molecule has 0 aliphatic rings. The van der Waals surface area contributed by atoms with Crippen molar-refractivity contribution in [1.29, 1.82) is 0 Å². The highest BCUT2D eigenvalue weighted by Gasteiger charge is 2.03. The predicted octanol–water partition coefficient (Wildman–Crippen LogP) is 0.590. The normalized spacial score (nSPS) is 9.64. The molecule has 60 valence electrons. The van der Waals surface area contributed by atoms with Crippen molar-refractivity contribution in [1.82, 2.24) is 10.1 Å². The molecular formula is C6H9N3O2. The van der Waals surface area contributed by atoms with Crippen LogP contribution < -0.4 is 5.32 Å². The third-order valence-electron chi connectivity index (χ3n) is 1.06. The summed E-state index contributed by atoms with van der Waals surface area (Å²) in [6.45, 7) is 3.28. The molecule has 5 heteroatoms. The van der Waals surface area contributed by atoms with Crippen molar-refractivity contribution < 1.29 is 9.32 Å². The average Bonchev–Trinajstić information content (AvgIpc) is 2.34. The van der Waals surface area contributed by atoms with E-state index in [9.17, 15) is 4.79 Å². The zero-order valence-electron chi connectivity index (χ0n) is 6.42. The first kappa shape index (κ1) is 7.71. The zero-order chi connectivity index (χ0) is 8.27. The maximum Gasteiger partial charge on any atom is 0.270 e. The van der Waals surface area contributed by atoms with Gasteiger partial charge < -0.3 is 4.52 Å². The third kappa shape index (κ3) is 2.03. The van der Waals surface area contributed by atoms with Crippen molar-refractivity contribution in [3.05, 3.63) is 5.89 Å². The summed E-state index contributed by atoms with van der Waals surface area (Å²) in [4.78, 5) is 14.3. The molecule has 0 aliphatic carbocycles. The van der Waals surface area contributed by atoms with E-state index in [0.717, 1.165) is 0 Å². The van der Waals surface area contributed by atoms with Gasteiger partial charge in [0, 0.05) is 13.3 Å². The fourth-order valence-electron chi connectivity index (χ4n) is 0.607. The number of aromatic nitrogens is 2. The average molecular weight is 155 g/mol. The van der Waals surface area contributed by atoms with Gasteiger partial charge in [-0.05, 0) is 5.16 Å². The fourth-order valence-corrected chi connectivity index (χ4v) is 0.607. The molecule has 1 N–H and O–H groups in total. The molecule has 0 spiro atoms. The van der Waals surface area contributed by atoms with Gasteiger partial charge in [0.1, 0.15) is 0 Å². The molecule has 5 nitrogen and oxygen atoms in total. The Morgan fingerprint density at radius 3 is 2.91 bits per heavy atom. The van der Waals surface area contributed by atoms with E-state index in [0.29, 0.717) is 12.3 Å². The minimum atomic E-state index is -0.201. The summed E-state index contributed by atoms with van der Waals surface area (Å²) in [7, 11) is 0. The van der Waals surface area contributed by atoms with Gasteiger partial charge in [-0.2, -0.15) is 4.98 Å². The van der Waals surface area contributed by atoms with Gasteiger partial charge in [0.25, 0.3) is 5.95 Å². The Bertz CT molecular complexity index is 256. The maximum absolute atomic E-state index is 10.5. The topological polar surface area (TPSA) is 68.0 Å². The van der Waals surface area contributed by atoms with Gasteiger partial charge in [-0.25, -0.2) is 0 Å². The van der Waals surface area contributed by atoms with Crippen LogP contribution in [0.3, 0.4) is 0 Å². The van der Waals surface area contributed by atoms with E-state index in [1.165, 1.54) is 6.92 Å². The van der Waals surface area contributed by atoms with Crippen molar-refractivity contribution in [2.45, 2.75) is 20.3 Å². The number of carbonyl (C=O) groups excluding carboxylic acids is 1. The smallest absolute Gasteiger partial charge is 0.270 e. The molecule has 0 radical (unpaired) electrons. The highest BCUT2D eigenvalue weighted by atomic mass is 16.5. The van der Waals surface area contributed by atoms with Gasteiger partial charge in [0.2, 0.25) is 11.8 Å². The summed E-state index contributed by atoms with van der Waals surface area (Å²) in [6, 6.07) is 0. The lowest BCUT2D eigenvalue weighted by molar-refractivity contribution is -0.114. The zero-order valence-corrected chi connectivity index (χ0v) is 6.42. The van der Waals surface area contributed by atoms with Crippen LogP contribution in [0.2, 0.25) is 0 Å². The molecular weight excluding hydrogens is 146 g/mol. The molecule has 1 heterocycles. The Morgan fingerprint density at radius 2 is 2.45 bits per heavy atom. The second-order valence-electron chi connectivity index (χ2n) is 2.05. The summed E-state index contributed by atoms with van der Waals surface area (Å²) in [5.74, 6) is 0.552. The van der Waals surface area contributed by atoms with Crippen LogP contribution in [0.25, 0.3) is 0 Å². The lowest BCUT2D eigenvalue weighted by Gasteiger charge is -1.88. The van der Waals surface area contributed by atoms with Crippen LogP contribution in [0.15, 0.2) is 4.52 Å². The minimum absolute atomic E-state index is 0.201. The van der Waals surface area contributed by atoms with Crippen LogP contribution in [0.4, 0.5) is 5.95 Å². The van der Waals surface area contributed by atoms with E-state index in [4.69, 9.17) is 4.52 Å². The van der Waals surface area contributed by atoms with E-state index < -0.39 is 0 Å². The molecule has 1 amide bonds. The molecule has 0 fully saturated rings. The molecule has 11 heavy (non-hydrogen) atoms. The van der Waals surface area contributed by atoms with Crippen LogP contribution in [-0.2, 0) is 11.2 Å². The Labute approximate surface area is 63.8 Å². The highest BCUT2D eigenvalue weighted by Crippen LogP contribution is 2.01. The molecule has 0 saturated carbocycles. The monoisotopic (exact) mass is 155 g/mol. The van der Waals surface area contributed by atoms with Crippen molar-refractivity contribution in [2.24, 2.45) is 0 Å². The molecule has 0 unspecified atom stereocenters. The Morgan fingerprint density at radius 1 is 1.73 bits per heavy atom. The molecule has 0 aromatic carbocycles. The van der Waals surface area contributed by atoms with Crippen LogP contribution in [0.5, 0.6) is 0 Å². The summed E-state index contributed by atoms with van der Waals surface area (Å²) in [5, 5.41) is 5.91. The number of amides is 1. The van der Waals surface area contributed by atoms with E-state index in [1.54, 1.807) is 0 Å². The summed E-state index contributed by atoms with van der Waals surface area (Å²) in [6.07, 6.45) is 0.673.